The lowest BCUT2D eigenvalue weighted by Gasteiger charge is -2.30. The fraction of sp³-hybridized carbons (Fsp3) is 0.400. The molecule has 3 aromatic rings. The second-order valence-electron chi connectivity index (χ2n) is 8.57. The summed E-state index contributed by atoms with van der Waals surface area (Å²) in [6.07, 6.45) is 3.11. The molecule has 0 radical (unpaired) electrons. The van der Waals surface area contributed by atoms with Crippen molar-refractivity contribution in [2.75, 3.05) is 26.0 Å². The lowest BCUT2D eigenvalue weighted by molar-refractivity contribution is -0.143. The molecule has 1 atom stereocenters. The number of rotatable bonds is 7. The van der Waals surface area contributed by atoms with Crippen molar-refractivity contribution in [1.29, 1.82) is 0 Å². The molecule has 36 heavy (non-hydrogen) atoms. The quantitative estimate of drug-likeness (QED) is 0.330. The Morgan fingerprint density at radius 2 is 1.94 bits per heavy atom. The number of ether oxygens (including phenoxy) is 1. The predicted molar refractivity (Wildman–Crippen MR) is 141 cm³/mol. The number of carbonyl (C=O) groups excluding carboxylic acids is 2. The van der Waals surface area contributed by atoms with Crippen LogP contribution < -0.4 is 4.80 Å². The van der Waals surface area contributed by atoms with Crippen LogP contribution in [0, 0.1) is 12.8 Å². The molecule has 1 aliphatic heterocycles. The maximum Gasteiger partial charge on any atom is 0.326 e. The highest BCUT2D eigenvalue weighted by Crippen LogP contribution is 2.26. The standard InChI is InChI=1S/C25H29N3O5S3/c1-4-33-23(29)16-28-21-12-9-19(34-3)14-22(21)35-25(28)26-24(30)18-6-5-13-27(15-18)36(31,32)20-10-7-17(2)8-11-20/h7-12,14,18H,4-6,13,15-16H2,1-3H3. The molecule has 2 heterocycles. The molecule has 1 amide bonds. The minimum atomic E-state index is -3.70. The summed E-state index contributed by atoms with van der Waals surface area (Å²) in [5.41, 5.74) is 1.77. The number of amides is 1. The van der Waals surface area contributed by atoms with Crippen LogP contribution in [0.4, 0.5) is 0 Å². The van der Waals surface area contributed by atoms with Crippen LogP contribution in [0.2, 0.25) is 0 Å². The van der Waals surface area contributed by atoms with Gasteiger partial charge < -0.3 is 9.30 Å². The highest BCUT2D eigenvalue weighted by Gasteiger charge is 2.33. The van der Waals surface area contributed by atoms with Crippen LogP contribution in [0.3, 0.4) is 0 Å². The number of benzene rings is 2. The summed E-state index contributed by atoms with van der Waals surface area (Å²) in [4.78, 5) is 31.6. The monoisotopic (exact) mass is 547 g/mol. The predicted octanol–water partition coefficient (Wildman–Crippen LogP) is 3.82. The fourth-order valence-corrected chi connectivity index (χ4v) is 7.27. The zero-order valence-electron chi connectivity index (χ0n) is 20.5. The van der Waals surface area contributed by atoms with Gasteiger partial charge in [-0.15, -0.1) is 11.8 Å². The topological polar surface area (TPSA) is 98.0 Å². The third kappa shape index (κ3) is 5.74. The number of carbonyl (C=O) groups is 2. The van der Waals surface area contributed by atoms with E-state index in [1.54, 1.807) is 47.5 Å². The number of hydrogen-bond acceptors (Lipinski definition) is 7. The second-order valence-corrected chi connectivity index (χ2v) is 12.4. The van der Waals surface area contributed by atoms with Crippen molar-refractivity contribution in [2.24, 2.45) is 10.9 Å². The molecular weight excluding hydrogens is 518 g/mol. The number of thioether (sulfide) groups is 1. The summed E-state index contributed by atoms with van der Waals surface area (Å²) in [6.45, 7) is 4.29. The molecule has 1 unspecified atom stereocenters. The van der Waals surface area contributed by atoms with Crippen LogP contribution in [0.25, 0.3) is 10.2 Å². The molecule has 0 bridgehead atoms. The number of sulfonamides is 1. The van der Waals surface area contributed by atoms with Crippen molar-refractivity contribution < 1.29 is 22.7 Å². The Kier molecular flexibility index (Phi) is 8.34. The van der Waals surface area contributed by atoms with Crippen LogP contribution in [0.1, 0.15) is 25.3 Å². The molecule has 1 aromatic heterocycles. The van der Waals surface area contributed by atoms with Gasteiger partial charge in [-0.3, -0.25) is 9.59 Å². The molecule has 0 aliphatic carbocycles. The van der Waals surface area contributed by atoms with Crippen molar-refractivity contribution in [3.63, 3.8) is 0 Å². The molecule has 0 spiro atoms. The van der Waals surface area contributed by atoms with E-state index in [0.29, 0.717) is 24.2 Å². The van der Waals surface area contributed by atoms with Gasteiger partial charge in [0.05, 0.1) is 27.6 Å². The third-order valence-corrected chi connectivity index (χ3v) is 9.73. The molecule has 0 saturated carbocycles. The highest BCUT2D eigenvalue weighted by atomic mass is 32.2. The van der Waals surface area contributed by atoms with E-state index in [9.17, 15) is 18.0 Å². The minimum Gasteiger partial charge on any atom is -0.465 e. The Balaban J connectivity index is 1.64. The second kappa shape index (κ2) is 11.3. The van der Waals surface area contributed by atoms with Gasteiger partial charge in [0.25, 0.3) is 5.91 Å². The molecule has 1 aliphatic rings. The summed E-state index contributed by atoms with van der Waals surface area (Å²) in [5.74, 6) is -1.34. The zero-order chi connectivity index (χ0) is 25.9. The first-order valence-electron chi connectivity index (χ1n) is 11.7. The van der Waals surface area contributed by atoms with Crippen molar-refractivity contribution in [2.45, 2.75) is 43.0 Å². The van der Waals surface area contributed by atoms with Crippen molar-refractivity contribution in [3.05, 3.63) is 52.8 Å². The molecule has 11 heteroatoms. The number of piperidine rings is 1. The first-order valence-corrected chi connectivity index (χ1v) is 15.2. The zero-order valence-corrected chi connectivity index (χ0v) is 22.9. The van der Waals surface area contributed by atoms with E-state index in [1.807, 2.05) is 31.4 Å². The molecule has 0 N–H and O–H groups in total. The van der Waals surface area contributed by atoms with Crippen molar-refractivity contribution in [1.82, 2.24) is 8.87 Å². The Hall–Kier alpha value is -2.47. The lowest BCUT2D eigenvalue weighted by Crippen LogP contribution is -2.42. The summed E-state index contributed by atoms with van der Waals surface area (Å²) < 4.78 is 35.4. The van der Waals surface area contributed by atoms with Crippen molar-refractivity contribution in [3.8, 4) is 0 Å². The van der Waals surface area contributed by atoms with Gasteiger partial charge in [0, 0.05) is 18.0 Å². The van der Waals surface area contributed by atoms with Gasteiger partial charge in [-0.05, 0) is 63.3 Å². The van der Waals surface area contributed by atoms with E-state index in [2.05, 4.69) is 4.99 Å². The summed E-state index contributed by atoms with van der Waals surface area (Å²) in [5, 5.41) is 0. The number of esters is 1. The lowest BCUT2D eigenvalue weighted by atomic mass is 9.99. The van der Waals surface area contributed by atoms with Gasteiger partial charge in [0.2, 0.25) is 10.0 Å². The molecule has 4 rings (SSSR count). The van der Waals surface area contributed by atoms with E-state index in [0.717, 1.165) is 20.7 Å². The molecular formula is C25H29N3O5S3. The van der Waals surface area contributed by atoms with Crippen LogP contribution in [0.5, 0.6) is 0 Å². The van der Waals surface area contributed by atoms with Gasteiger partial charge in [-0.25, -0.2) is 8.42 Å². The Labute approximate surface area is 219 Å². The van der Waals surface area contributed by atoms with Gasteiger partial charge >= 0.3 is 5.97 Å². The highest BCUT2D eigenvalue weighted by molar-refractivity contribution is 7.98. The molecule has 1 fully saturated rings. The molecule has 1 saturated heterocycles. The molecule has 8 nitrogen and oxygen atoms in total. The number of thiazole rings is 1. The van der Waals surface area contributed by atoms with E-state index >= 15 is 0 Å². The molecule has 192 valence electrons. The van der Waals surface area contributed by atoms with Gasteiger partial charge in [-0.2, -0.15) is 9.30 Å². The van der Waals surface area contributed by atoms with E-state index in [1.165, 1.54) is 15.6 Å². The Bertz CT molecular complexity index is 1440. The number of hydrogen-bond donors (Lipinski definition) is 0. The van der Waals surface area contributed by atoms with Crippen LogP contribution in [0.15, 0.2) is 57.2 Å². The molecule has 2 aromatic carbocycles. The van der Waals surface area contributed by atoms with Crippen LogP contribution in [-0.2, 0) is 30.9 Å². The van der Waals surface area contributed by atoms with Crippen LogP contribution >= 0.6 is 23.1 Å². The smallest absolute Gasteiger partial charge is 0.326 e. The number of aromatic nitrogens is 1. The average molecular weight is 548 g/mol. The third-order valence-electron chi connectivity index (χ3n) is 6.08. The van der Waals surface area contributed by atoms with Crippen molar-refractivity contribution >= 4 is 55.2 Å². The normalized spacial score (nSPS) is 17.4. The van der Waals surface area contributed by atoms with E-state index < -0.39 is 21.9 Å². The maximum absolute atomic E-state index is 13.3. The number of nitrogens with zero attached hydrogens (tertiary/aromatic N) is 3. The summed E-state index contributed by atoms with van der Waals surface area (Å²) in [6, 6.07) is 12.6. The minimum absolute atomic E-state index is 0.0584. The average Bonchev–Trinajstić information content (AvgIpc) is 3.20. The Morgan fingerprint density at radius 1 is 1.19 bits per heavy atom. The first-order chi connectivity index (χ1) is 17.2. The SMILES string of the molecule is CCOC(=O)Cn1c(=NC(=O)C2CCCN(S(=O)(=O)c3ccc(C)cc3)C2)sc2cc(SC)ccc21. The van der Waals surface area contributed by atoms with Gasteiger partial charge in [-0.1, -0.05) is 29.0 Å². The Morgan fingerprint density at radius 3 is 2.64 bits per heavy atom. The van der Waals surface area contributed by atoms with E-state index in [4.69, 9.17) is 4.74 Å². The van der Waals surface area contributed by atoms with Gasteiger partial charge in [0.15, 0.2) is 4.80 Å². The first kappa shape index (κ1) is 26.6. The summed E-state index contributed by atoms with van der Waals surface area (Å²) >= 11 is 2.94. The van der Waals surface area contributed by atoms with Gasteiger partial charge in [0.1, 0.15) is 6.54 Å². The number of fused-ring (bicyclic) bond motifs is 1. The maximum atomic E-state index is 13.3. The largest absolute Gasteiger partial charge is 0.465 e. The van der Waals surface area contributed by atoms with Crippen LogP contribution in [-0.4, -0.2) is 55.1 Å². The summed E-state index contributed by atoms with van der Waals surface area (Å²) in [7, 11) is -3.70. The number of aryl methyl sites for hydroxylation is 1. The fourth-order valence-electron chi connectivity index (χ4n) is 4.16. The van der Waals surface area contributed by atoms with E-state index in [-0.39, 0.29) is 30.5 Å².